The molecule has 2 heterocycles. The molecule has 1 aromatic carbocycles. The van der Waals surface area contributed by atoms with Crippen molar-refractivity contribution >= 4 is 23.8 Å². The molecule has 28 heavy (non-hydrogen) atoms. The summed E-state index contributed by atoms with van der Waals surface area (Å²) < 4.78 is 0. The van der Waals surface area contributed by atoms with Crippen LogP contribution in [0.4, 0.5) is 0 Å². The van der Waals surface area contributed by atoms with E-state index < -0.39 is 0 Å². The Labute approximate surface area is 166 Å². The van der Waals surface area contributed by atoms with Gasteiger partial charge in [-0.05, 0) is 36.5 Å². The lowest BCUT2D eigenvalue weighted by atomic mass is 9.93. The van der Waals surface area contributed by atoms with Gasteiger partial charge < -0.3 is 15.1 Å². The Balaban J connectivity index is 1.51. The first-order chi connectivity index (χ1) is 13.6. The fourth-order valence-electron chi connectivity index (χ4n) is 3.93. The summed E-state index contributed by atoms with van der Waals surface area (Å²) in [6, 6.07) is 7.56. The Morgan fingerprint density at radius 1 is 1.18 bits per heavy atom. The highest BCUT2D eigenvalue weighted by atomic mass is 16.2. The summed E-state index contributed by atoms with van der Waals surface area (Å²) in [5.41, 5.74) is 2.03. The zero-order chi connectivity index (χ0) is 19.9. The van der Waals surface area contributed by atoms with Gasteiger partial charge in [-0.15, -0.1) is 0 Å². The monoisotopic (exact) mass is 383 g/mol. The molecule has 1 fully saturated rings. The van der Waals surface area contributed by atoms with Gasteiger partial charge in [0.2, 0.25) is 17.7 Å². The molecule has 0 aliphatic carbocycles. The van der Waals surface area contributed by atoms with Crippen LogP contribution in [0.3, 0.4) is 0 Å². The molecule has 2 aliphatic rings. The Kier molecular flexibility index (Phi) is 6.85. The van der Waals surface area contributed by atoms with Crippen LogP contribution in [0.25, 0.3) is 6.08 Å². The summed E-state index contributed by atoms with van der Waals surface area (Å²) in [5, 5.41) is 2.95. The first-order valence-corrected chi connectivity index (χ1v) is 10.2. The van der Waals surface area contributed by atoms with E-state index in [0.29, 0.717) is 19.5 Å². The second-order valence-electron chi connectivity index (χ2n) is 7.49. The van der Waals surface area contributed by atoms with Crippen molar-refractivity contribution in [3.05, 3.63) is 41.6 Å². The number of carbonyl (C=O) groups excluding carboxylic acids is 3. The van der Waals surface area contributed by atoms with E-state index in [0.717, 1.165) is 43.4 Å². The zero-order valence-electron chi connectivity index (χ0n) is 16.5. The first-order valence-electron chi connectivity index (χ1n) is 10.2. The predicted molar refractivity (Wildman–Crippen MR) is 108 cm³/mol. The van der Waals surface area contributed by atoms with E-state index in [4.69, 9.17) is 0 Å². The Bertz CT molecular complexity index is 759. The minimum atomic E-state index is -0.286. The van der Waals surface area contributed by atoms with Gasteiger partial charge in [0.25, 0.3) is 0 Å². The van der Waals surface area contributed by atoms with Gasteiger partial charge in [-0.1, -0.05) is 30.7 Å². The van der Waals surface area contributed by atoms with Crippen LogP contribution < -0.4 is 5.32 Å². The maximum Gasteiger partial charge on any atom is 0.223 e. The number of hydrogen-bond donors (Lipinski definition) is 1. The third kappa shape index (κ3) is 5.00. The number of carbonyl (C=O) groups is 3. The number of hydrogen-bond acceptors (Lipinski definition) is 3. The second-order valence-corrected chi connectivity index (χ2v) is 7.49. The number of nitrogens with zero attached hydrogens (tertiary/aromatic N) is 2. The van der Waals surface area contributed by atoms with E-state index in [1.165, 1.54) is 6.92 Å². The third-order valence-electron chi connectivity index (χ3n) is 5.45. The quantitative estimate of drug-likeness (QED) is 0.768. The lowest BCUT2D eigenvalue weighted by molar-refractivity contribution is -0.131. The summed E-state index contributed by atoms with van der Waals surface area (Å²) in [4.78, 5) is 40.1. The molecule has 0 aromatic heterocycles. The van der Waals surface area contributed by atoms with Crippen molar-refractivity contribution in [3.63, 3.8) is 0 Å². The molecule has 150 valence electrons. The van der Waals surface area contributed by atoms with Crippen molar-refractivity contribution in [1.29, 1.82) is 0 Å². The molecule has 1 saturated heterocycles. The molecule has 3 rings (SSSR count). The van der Waals surface area contributed by atoms with Crippen LogP contribution in [0.5, 0.6) is 0 Å². The van der Waals surface area contributed by atoms with Crippen molar-refractivity contribution in [2.75, 3.05) is 19.6 Å². The van der Waals surface area contributed by atoms with Crippen molar-refractivity contribution in [3.8, 4) is 0 Å². The fourth-order valence-corrected chi connectivity index (χ4v) is 3.93. The molecule has 0 spiro atoms. The van der Waals surface area contributed by atoms with Crippen LogP contribution >= 0.6 is 0 Å². The zero-order valence-corrected chi connectivity index (χ0v) is 16.5. The summed E-state index contributed by atoms with van der Waals surface area (Å²) in [5.74, 6) is 0.0679. The summed E-state index contributed by atoms with van der Waals surface area (Å²) in [6.45, 7) is 3.56. The molecule has 1 unspecified atom stereocenters. The van der Waals surface area contributed by atoms with E-state index >= 15 is 0 Å². The fraction of sp³-hybridized carbons (Fsp3) is 0.500. The molecule has 0 bridgehead atoms. The highest BCUT2D eigenvalue weighted by Crippen LogP contribution is 2.32. The molecule has 1 N–H and O–H groups in total. The normalized spacial score (nSPS) is 19.2. The average Bonchev–Trinajstić information content (AvgIpc) is 2.89. The highest BCUT2D eigenvalue weighted by molar-refractivity contribution is 5.81. The highest BCUT2D eigenvalue weighted by Gasteiger charge is 2.28. The topological polar surface area (TPSA) is 69.7 Å². The average molecular weight is 383 g/mol. The summed E-state index contributed by atoms with van der Waals surface area (Å²) in [7, 11) is 0. The van der Waals surface area contributed by atoms with Crippen LogP contribution in [-0.4, -0.2) is 47.2 Å². The smallest absolute Gasteiger partial charge is 0.223 e. The van der Waals surface area contributed by atoms with E-state index in [1.54, 1.807) is 11.1 Å². The van der Waals surface area contributed by atoms with Crippen LogP contribution in [0, 0.1) is 0 Å². The number of fused-ring (bicyclic) bond motifs is 1. The Morgan fingerprint density at radius 2 is 2.00 bits per heavy atom. The standard InChI is InChI=1S/C22H29N3O3/c1-17(26)25-15-11-18-8-4-5-9-19(18)20(25)16-21(27)23-12-7-14-24-13-6-2-3-10-22(24)28/h4-5,8-9,11,15,20H,2-3,6-7,10,12-14,16H2,1H3,(H,23,27). The number of amides is 3. The van der Waals surface area contributed by atoms with Gasteiger partial charge in [0.05, 0.1) is 12.5 Å². The van der Waals surface area contributed by atoms with Crippen molar-refractivity contribution in [2.24, 2.45) is 0 Å². The van der Waals surface area contributed by atoms with E-state index in [9.17, 15) is 14.4 Å². The lowest BCUT2D eigenvalue weighted by Crippen LogP contribution is -2.36. The largest absolute Gasteiger partial charge is 0.356 e. The molecule has 1 aromatic rings. The minimum absolute atomic E-state index is 0.0801. The van der Waals surface area contributed by atoms with Crippen LogP contribution in [0.15, 0.2) is 30.5 Å². The molecule has 3 amide bonds. The minimum Gasteiger partial charge on any atom is -0.356 e. The lowest BCUT2D eigenvalue weighted by Gasteiger charge is -2.32. The molecule has 1 atom stereocenters. The van der Waals surface area contributed by atoms with Crippen LogP contribution in [0.2, 0.25) is 0 Å². The number of rotatable bonds is 6. The van der Waals surface area contributed by atoms with E-state index in [2.05, 4.69) is 5.32 Å². The third-order valence-corrected chi connectivity index (χ3v) is 5.45. The van der Waals surface area contributed by atoms with E-state index in [-0.39, 0.29) is 30.2 Å². The SMILES string of the molecule is CC(=O)N1C=Cc2ccccc2C1CC(=O)NCCCN1CCCCCC1=O. The second kappa shape index (κ2) is 9.53. The first kappa shape index (κ1) is 20.1. The van der Waals surface area contributed by atoms with Crippen LogP contribution in [-0.2, 0) is 14.4 Å². The maximum absolute atomic E-state index is 12.5. The van der Waals surface area contributed by atoms with Gasteiger partial charge in [0.1, 0.15) is 0 Å². The molecular weight excluding hydrogens is 354 g/mol. The van der Waals surface area contributed by atoms with E-state index in [1.807, 2.05) is 35.2 Å². The number of likely N-dealkylation sites (tertiary alicyclic amines) is 1. The van der Waals surface area contributed by atoms with Gasteiger partial charge in [-0.3, -0.25) is 14.4 Å². The van der Waals surface area contributed by atoms with Crippen molar-refractivity contribution < 1.29 is 14.4 Å². The predicted octanol–water partition coefficient (Wildman–Crippen LogP) is 2.86. The van der Waals surface area contributed by atoms with Crippen molar-refractivity contribution in [2.45, 2.75) is 51.5 Å². The maximum atomic E-state index is 12.5. The molecule has 0 radical (unpaired) electrons. The van der Waals surface area contributed by atoms with Gasteiger partial charge >= 0.3 is 0 Å². The molecule has 6 heteroatoms. The summed E-state index contributed by atoms with van der Waals surface area (Å²) >= 11 is 0. The Morgan fingerprint density at radius 3 is 2.82 bits per heavy atom. The van der Waals surface area contributed by atoms with Gasteiger partial charge in [0.15, 0.2) is 0 Å². The van der Waals surface area contributed by atoms with Crippen molar-refractivity contribution in [1.82, 2.24) is 15.1 Å². The van der Waals surface area contributed by atoms with Gasteiger partial charge in [-0.2, -0.15) is 0 Å². The molecular formula is C22H29N3O3. The molecule has 6 nitrogen and oxygen atoms in total. The van der Waals surface area contributed by atoms with Gasteiger partial charge in [0, 0.05) is 39.2 Å². The number of benzene rings is 1. The van der Waals surface area contributed by atoms with Crippen LogP contribution in [0.1, 0.15) is 62.6 Å². The Hall–Kier alpha value is -2.63. The number of nitrogens with one attached hydrogen (secondary N) is 1. The molecule has 0 saturated carbocycles. The molecule has 2 aliphatic heterocycles. The van der Waals surface area contributed by atoms with Gasteiger partial charge in [-0.25, -0.2) is 0 Å². The summed E-state index contributed by atoms with van der Waals surface area (Å²) in [6.07, 6.45) is 8.43.